The summed E-state index contributed by atoms with van der Waals surface area (Å²) in [6.45, 7) is 9.61. The van der Waals surface area contributed by atoms with Crippen LogP contribution in [0.4, 0.5) is 10.1 Å². The van der Waals surface area contributed by atoms with Crippen molar-refractivity contribution in [2.24, 2.45) is 5.10 Å². The van der Waals surface area contributed by atoms with E-state index in [0.717, 1.165) is 44.1 Å². The second-order valence-corrected chi connectivity index (χ2v) is 11.2. The van der Waals surface area contributed by atoms with Crippen LogP contribution < -0.4 is 10.3 Å². The molecule has 0 bridgehead atoms. The van der Waals surface area contributed by atoms with E-state index in [2.05, 4.69) is 81.6 Å². The van der Waals surface area contributed by atoms with Crippen LogP contribution >= 0.6 is 38.5 Å². The van der Waals surface area contributed by atoms with Crippen LogP contribution in [0, 0.1) is 9.39 Å². The van der Waals surface area contributed by atoms with E-state index < -0.39 is 5.91 Å². The lowest BCUT2D eigenvalue weighted by Gasteiger charge is -2.47. The van der Waals surface area contributed by atoms with Crippen LogP contribution in [0.5, 0.6) is 0 Å². The van der Waals surface area contributed by atoms with E-state index in [9.17, 15) is 9.18 Å². The molecule has 4 rings (SSSR count). The third-order valence-corrected chi connectivity index (χ3v) is 7.34. The van der Waals surface area contributed by atoms with Crippen LogP contribution in [-0.2, 0) is 0 Å². The maximum Gasteiger partial charge on any atom is 0.307 e. The Balaban J connectivity index is 1.56. The van der Waals surface area contributed by atoms with Crippen molar-refractivity contribution in [3.63, 3.8) is 0 Å². The van der Waals surface area contributed by atoms with Gasteiger partial charge >= 0.3 is 5.91 Å². The van der Waals surface area contributed by atoms with Crippen LogP contribution in [-0.4, -0.2) is 24.2 Å². The van der Waals surface area contributed by atoms with Crippen molar-refractivity contribution >= 4 is 67.3 Å². The molecular weight excluding hydrogens is 600 g/mol. The molecule has 1 atom stereocenters. The molecule has 0 radical (unpaired) electrons. The Morgan fingerprint density at radius 1 is 1.36 bits per heavy atom. The SMILES string of the molecule is CCCN1c2cc(F)c(/C=N\NC(=O)c3cc4cc(Br)cc(I)c4o3)cc2C(C)CC1(C)C. The van der Waals surface area contributed by atoms with Crippen molar-refractivity contribution in [3.8, 4) is 0 Å². The van der Waals surface area contributed by atoms with Gasteiger partial charge in [-0.15, -0.1) is 0 Å². The van der Waals surface area contributed by atoms with Crippen molar-refractivity contribution in [2.75, 3.05) is 11.4 Å². The zero-order chi connectivity index (χ0) is 23.9. The number of hydrogen-bond donors (Lipinski definition) is 1. The molecule has 174 valence electrons. The van der Waals surface area contributed by atoms with E-state index in [1.165, 1.54) is 6.21 Å². The smallest absolute Gasteiger partial charge is 0.307 e. The summed E-state index contributed by atoms with van der Waals surface area (Å²) in [4.78, 5) is 14.8. The van der Waals surface area contributed by atoms with Gasteiger partial charge < -0.3 is 9.32 Å². The third kappa shape index (κ3) is 4.82. The minimum Gasteiger partial charge on any atom is -0.450 e. The topological polar surface area (TPSA) is 57.8 Å². The Bertz CT molecular complexity index is 1250. The summed E-state index contributed by atoms with van der Waals surface area (Å²) in [7, 11) is 0. The second-order valence-electron chi connectivity index (χ2n) is 9.12. The molecule has 33 heavy (non-hydrogen) atoms. The number of hydrogen-bond acceptors (Lipinski definition) is 4. The zero-order valence-corrected chi connectivity index (χ0v) is 22.8. The fourth-order valence-electron chi connectivity index (χ4n) is 4.67. The molecule has 1 unspecified atom stereocenters. The number of anilines is 1. The van der Waals surface area contributed by atoms with Crippen molar-refractivity contribution < 1.29 is 13.6 Å². The molecule has 1 aliphatic rings. The minimum absolute atomic E-state index is 0.0293. The molecule has 0 saturated carbocycles. The average molecular weight is 626 g/mol. The number of halogens is 3. The fraction of sp³-hybridized carbons (Fsp3) is 0.360. The quantitative estimate of drug-likeness (QED) is 0.185. The number of furan rings is 1. The van der Waals surface area contributed by atoms with Crippen molar-refractivity contribution in [1.29, 1.82) is 0 Å². The molecule has 0 spiro atoms. The number of nitrogens with zero attached hydrogens (tertiary/aromatic N) is 2. The third-order valence-electron chi connectivity index (χ3n) is 6.08. The summed E-state index contributed by atoms with van der Waals surface area (Å²) in [5, 5.41) is 4.81. The molecule has 1 N–H and O–H groups in total. The highest BCUT2D eigenvalue weighted by molar-refractivity contribution is 14.1. The summed E-state index contributed by atoms with van der Waals surface area (Å²) in [6, 6.07) is 8.91. The second kappa shape index (κ2) is 9.37. The Labute approximate surface area is 215 Å². The number of carbonyl (C=O) groups excluding carboxylic acids is 1. The van der Waals surface area contributed by atoms with Gasteiger partial charge in [0.1, 0.15) is 11.4 Å². The maximum atomic E-state index is 15.0. The Morgan fingerprint density at radius 2 is 2.12 bits per heavy atom. The van der Waals surface area contributed by atoms with Gasteiger partial charge in [-0.3, -0.25) is 4.79 Å². The summed E-state index contributed by atoms with van der Waals surface area (Å²) in [5.74, 6) is -0.407. The standard InChI is InChI=1S/C25H26BrFIN3O2/c1-5-6-31-21-11-19(27)16(8-18(21)14(2)12-25(31,3)4)13-29-30-24(32)22-9-15-7-17(26)10-20(28)23(15)33-22/h7-11,13-14H,5-6,12H2,1-4H3,(H,30,32)/b29-13-. The van der Waals surface area contributed by atoms with E-state index in [1.807, 2.05) is 18.2 Å². The highest BCUT2D eigenvalue weighted by Gasteiger charge is 2.36. The van der Waals surface area contributed by atoms with Crippen LogP contribution in [0.25, 0.3) is 11.0 Å². The van der Waals surface area contributed by atoms with Gasteiger partial charge in [0.2, 0.25) is 0 Å². The van der Waals surface area contributed by atoms with Gasteiger partial charge in [0, 0.05) is 33.2 Å². The lowest BCUT2D eigenvalue weighted by molar-refractivity contribution is 0.0929. The number of benzene rings is 2. The molecule has 0 fully saturated rings. The normalized spacial score (nSPS) is 17.5. The van der Waals surface area contributed by atoms with E-state index in [4.69, 9.17) is 4.42 Å². The van der Waals surface area contributed by atoms with Gasteiger partial charge in [0.15, 0.2) is 5.76 Å². The largest absolute Gasteiger partial charge is 0.450 e. The number of hydrazone groups is 1. The molecular formula is C25H26BrFIN3O2. The molecule has 2 heterocycles. The number of rotatable bonds is 5. The highest BCUT2D eigenvalue weighted by Crippen LogP contribution is 2.44. The molecule has 0 saturated heterocycles. The molecule has 8 heteroatoms. The Morgan fingerprint density at radius 3 is 2.85 bits per heavy atom. The number of amides is 1. The first-order valence-corrected chi connectivity index (χ1v) is 12.8. The van der Waals surface area contributed by atoms with E-state index >= 15 is 0 Å². The molecule has 2 aromatic carbocycles. The molecule has 5 nitrogen and oxygen atoms in total. The minimum atomic E-state index is -0.489. The molecule has 3 aromatic rings. The fourth-order valence-corrected chi connectivity index (χ4v) is 6.33. The first-order chi connectivity index (χ1) is 15.6. The van der Waals surface area contributed by atoms with Gasteiger partial charge in [-0.2, -0.15) is 5.10 Å². The van der Waals surface area contributed by atoms with Crippen molar-refractivity contribution in [3.05, 3.63) is 61.1 Å². The molecule has 1 aliphatic heterocycles. The first kappa shape index (κ1) is 24.2. The summed E-state index contributed by atoms with van der Waals surface area (Å²) < 4.78 is 22.5. The van der Waals surface area contributed by atoms with Crippen molar-refractivity contribution in [2.45, 2.75) is 52.0 Å². The van der Waals surface area contributed by atoms with Gasteiger partial charge in [-0.25, -0.2) is 9.82 Å². The summed E-state index contributed by atoms with van der Waals surface area (Å²) in [6.07, 6.45) is 3.33. The summed E-state index contributed by atoms with van der Waals surface area (Å²) >= 11 is 5.60. The first-order valence-electron chi connectivity index (χ1n) is 10.9. The lowest BCUT2D eigenvalue weighted by atomic mass is 9.79. The number of carbonyl (C=O) groups is 1. The molecule has 0 aliphatic carbocycles. The zero-order valence-electron chi connectivity index (χ0n) is 19.0. The average Bonchev–Trinajstić information content (AvgIpc) is 3.16. The van der Waals surface area contributed by atoms with Gasteiger partial charge in [0.05, 0.1) is 9.78 Å². The van der Waals surface area contributed by atoms with Crippen molar-refractivity contribution in [1.82, 2.24) is 5.43 Å². The number of nitrogens with one attached hydrogen (secondary N) is 1. The predicted octanol–water partition coefficient (Wildman–Crippen LogP) is 7.21. The maximum absolute atomic E-state index is 15.0. The van der Waals surface area contributed by atoms with Crippen LogP contribution in [0.15, 0.2) is 44.3 Å². The Kier molecular flexibility index (Phi) is 6.87. The van der Waals surface area contributed by atoms with Gasteiger partial charge in [-0.1, -0.05) is 29.8 Å². The van der Waals surface area contributed by atoms with Gasteiger partial charge in [0.25, 0.3) is 0 Å². The van der Waals surface area contributed by atoms with Crippen LogP contribution in [0.3, 0.4) is 0 Å². The van der Waals surface area contributed by atoms with E-state index in [-0.39, 0.29) is 17.1 Å². The predicted molar refractivity (Wildman–Crippen MR) is 143 cm³/mol. The molecule has 1 amide bonds. The van der Waals surface area contributed by atoms with E-state index in [0.29, 0.717) is 17.1 Å². The number of fused-ring (bicyclic) bond motifs is 2. The molecule has 1 aromatic heterocycles. The van der Waals surface area contributed by atoms with Crippen LogP contribution in [0.2, 0.25) is 0 Å². The highest BCUT2D eigenvalue weighted by atomic mass is 127. The van der Waals surface area contributed by atoms with Crippen LogP contribution in [0.1, 0.15) is 68.1 Å². The van der Waals surface area contributed by atoms with Gasteiger partial charge in [-0.05, 0) is 91.1 Å². The summed E-state index contributed by atoms with van der Waals surface area (Å²) in [5.41, 5.74) is 5.46. The Hall–Kier alpha value is -1.94. The lowest BCUT2D eigenvalue weighted by Crippen LogP contribution is -2.48. The monoisotopic (exact) mass is 625 g/mol. The van der Waals surface area contributed by atoms with E-state index in [1.54, 1.807) is 12.1 Å².